The first-order valence-electron chi connectivity index (χ1n) is 5.21. The van der Waals surface area contributed by atoms with Gasteiger partial charge in [-0.05, 0) is 25.8 Å². The number of alkyl halides is 3. The SMILES string of the molecule is CC(O)(CCCC(F)(F)F)c1cnccc1N. The summed E-state index contributed by atoms with van der Waals surface area (Å²) in [7, 11) is 0. The summed E-state index contributed by atoms with van der Waals surface area (Å²) in [6, 6.07) is 1.51. The molecule has 0 aromatic carbocycles. The molecule has 0 amide bonds. The molecule has 1 atom stereocenters. The van der Waals surface area contributed by atoms with Gasteiger partial charge in [0.25, 0.3) is 0 Å². The van der Waals surface area contributed by atoms with Gasteiger partial charge in [0.15, 0.2) is 0 Å². The van der Waals surface area contributed by atoms with Crippen LogP contribution in [0, 0.1) is 0 Å². The Morgan fingerprint density at radius 2 is 2.00 bits per heavy atom. The number of nitrogens with two attached hydrogens (primary N) is 1. The van der Waals surface area contributed by atoms with E-state index in [1.54, 1.807) is 0 Å². The van der Waals surface area contributed by atoms with Crippen molar-refractivity contribution in [1.82, 2.24) is 4.98 Å². The van der Waals surface area contributed by atoms with Crippen LogP contribution < -0.4 is 5.73 Å². The Bertz CT molecular complexity index is 377. The molecule has 96 valence electrons. The van der Waals surface area contributed by atoms with E-state index in [2.05, 4.69) is 4.98 Å². The molecule has 0 bridgehead atoms. The van der Waals surface area contributed by atoms with Crippen LogP contribution in [0.25, 0.3) is 0 Å². The largest absolute Gasteiger partial charge is 0.398 e. The molecule has 0 aliphatic carbocycles. The van der Waals surface area contributed by atoms with Crippen molar-refractivity contribution in [2.75, 3.05) is 5.73 Å². The van der Waals surface area contributed by atoms with Gasteiger partial charge in [-0.1, -0.05) is 0 Å². The van der Waals surface area contributed by atoms with Crippen LogP contribution in [-0.4, -0.2) is 16.3 Å². The van der Waals surface area contributed by atoms with Gasteiger partial charge in [0.1, 0.15) is 0 Å². The molecular weight excluding hydrogens is 233 g/mol. The Kier molecular flexibility index (Phi) is 3.98. The fraction of sp³-hybridized carbons (Fsp3) is 0.545. The highest BCUT2D eigenvalue weighted by atomic mass is 19.4. The third kappa shape index (κ3) is 4.22. The van der Waals surface area contributed by atoms with Crippen molar-refractivity contribution >= 4 is 5.69 Å². The first-order valence-corrected chi connectivity index (χ1v) is 5.21. The van der Waals surface area contributed by atoms with E-state index in [1.165, 1.54) is 25.4 Å². The van der Waals surface area contributed by atoms with Gasteiger partial charge in [-0.15, -0.1) is 0 Å². The fourth-order valence-electron chi connectivity index (χ4n) is 1.62. The summed E-state index contributed by atoms with van der Waals surface area (Å²) >= 11 is 0. The van der Waals surface area contributed by atoms with Crippen LogP contribution >= 0.6 is 0 Å². The molecule has 3 nitrogen and oxygen atoms in total. The van der Waals surface area contributed by atoms with Gasteiger partial charge in [0.2, 0.25) is 0 Å². The zero-order valence-electron chi connectivity index (χ0n) is 9.46. The molecule has 0 saturated heterocycles. The van der Waals surface area contributed by atoms with Gasteiger partial charge in [0.05, 0.1) is 5.60 Å². The number of rotatable bonds is 4. The lowest BCUT2D eigenvalue weighted by Crippen LogP contribution is -2.23. The average Bonchev–Trinajstić information content (AvgIpc) is 2.15. The topological polar surface area (TPSA) is 59.1 Å². The molecule has 0 radical (unpaired) electrons. The van der Waals surface area contributed by atoms with Gasteiger partial charge in [-0.2, -0.15) is 13.2 Å². The number of halogens is 3. The highest BCUT2D eigenvalue weighted by Gasteiger charge is 2.30. The molecular formula is C11H15F3N2O. The molecule has 1 heterocycles. The zero-order chi connectivity index (χ0) is 13.1. The second-order valence-electron chi connectivity index (χ2n) is 4.21. The minimum atomic E-state index is -4.20. The second-order valence-corrected chi connectivity index (χ2v) is 4.21. The number of anilines is 1. The number of pyridine rings is 1. The molecule has 17 heavy (non-hydrogen) atoms. The van der Waals surface area contributed by atoms with Gasteiger partial charge in [0, 0.05) is 30.1 Å². The summed E-state index contributed by atoms with van der Waals surface area (Å²) in [5, 5.41) is 10.1. The van der Waals surface area contributed by atoms with Crippen LogP contribution in [0.1, 0.15) is 31.7 Å². The minimum absolute atomic E-state index is 0.0115. The maximum atomic E-state index is 12.0. The Morgan fingerprint density at radius 1 is 1.35 bits per heavy atom. The molecule has 0 fully saturated rings. The lowest BCUT2D eigenvalue weighted by atomic mass is 9.90. The van der Waals surface area contributed by atoms with E-state index in [9.17, 15) is 18.3 Å². The maximum absolute atomic E-state index is 12.0. The molecule has 1 unspecified atom stereocenters. The first-order chi connectivity index (χ1) is 7.72. The van der Waals surface area contributed by atoms with Crippen molar-refractivity contribution in [2.45, 2.75) is 38.0 Å². The van der Waals surface area contributed by atoms with Crippen molar-refractivity contribution in [3.8, 4) is 0 Å². The van der Waals surface area contributed by atoms with Crippen LogP contribution in [0.4, 0.5) is 18.9 Å². The summed E-state index contributed by atoms with van der Waals surface area (Å²) in [5.74, 6) is 0. The summed E-state index contributed by atoms with van der Waals surface area (Å²) in [5.41, 5.74) is 4.95. The standard InChI is InChI=1S/C11H15F3N2O/c1-10(17,4-2-5-11(12,13)14)8-7-16-6-3-9(8)15/h3,6-7,17H,2,4-5H2,1H3,(H2,15,16). The Labute approximate surface area is 97.5 Å². The molecule has 0 spiro atoms. The van der Waals surface area contributed by atoms with E-state index in [4.69, 9.17) is 5.73 Å². The van der Waals surface area contributed by atoms with Crippen molar-refractivity contribution < 1.29 is 18.3 Å². The summed E-state index contributed by atoms with van der Waals surface area (Å²) in [4.78, 5) is 3.81. The van der Waals surface area contributed by atoms with E-state index in [0.717, 1.165) is 0 Å². The third-order valence-corrected chi connectivity index (χ3v) is 2.56. The van der Waals surface area contributed by atoms with E-state index in [1.807, 2.05) is 0 Å². The van der Waals surface area contributed by atoms with Gasteiger partial charge < -0.3 is 10.8 Å². The molecule has 1 aromatic heterocycles. The Balaban J connectivity index is 2.66. The highest BCUT2D eigenvalue weighted by molar-refractivity contribution is 5.47. The number of hydrogen-bond acceptors (Lipinski definition) is 3. The van der Waals surface area contributed by atoms with Crippen molar-refractivity contribution in [3.63, 3.8) is 0 Å². The average molecular weight is 248 g/mol. The summed E-state index contributed by atoms with van der Waals surface area (Å²) in [6.45, 7) is 1.44. The summed E-state index contributed by atoms with van der Waals surface area (Å²) in [6.07, 6.45) is -2.43. The van der Waals surface area contributed by atoms with E-state index in [-0.39, 0.29) is 12.8 Å². The molecule has 3 N–H and O–H groups in total. The number of aliphatic hydroxyl groups is 1. The van der Waals surface area contributed by atoms with Crippen LogP contribution in [0.3, 0.4) is 0 Å². The van der Waals surface area contributed by atoms with Crippen LogP contribution in [-0.2, 0) is 5.60 Å². The lowest BCUT2D eigenvalue weighted by molar-refractivity contribution is -0.137. The second kappa shape index (κ2) is 4.91. The maximum Gasteiger partial charge on any atom is 0.389 e. The van der Waals surface area contributed by atoms with E-state index in [0.29, 0.717) is 11.3 Å². The molecule has 0 saturated carbocycles. The highest BCUT2D eigenvalue weighted by Crippen LogP contribution is 2.32. The normalized spacial score (nSPS) is 15.6. The van der Waals surface area contributed by atoms with Gasteiger partial charge in [-0.3, -0.25) is 4.98 Å². The predicted octanol–water partition coefficient (Wildman–Crippen LogP) is 2.60. The molecule has 1 aromatic rings. The van der Waals surface area contributed by atoms with Crippen LogP contribution in [0.2, 0.25) is 0 Å². The molecule has 1 rings (SSSR count). The molecule has 6 heteroatoms. The fourth-order valence-corrected chi connectivity index (χ4v) is 1.62. The quantitative estimate of drug-likeness (QED) is 0.861. The Morgan fingerprint density at radius 3 is 2.53 bits per heavy atom. The van der Waals surface area contributed by atoms with E-state index < -0.39 is 18.2 Å². The van der Waals surface area contributed by atoms with Crippen LogP contribution in [0.15, 0.2) is 18.5 Å². The van der Waals surface area contributed by atoms with Crippen molar-refractivity contribution in [2.24, 2.45) is 0 Å². The zero-order valence-corrected chi connectivity index (χ0v) is 9.46. The smallest absolute Gasteiger partial charge is 0.389 e. The van der Waals surface area contributed by atoms with Crippen molar-refractivity contribution in [1.29, 1.82) is 0 Å². The van der Waals surface area contributed by atoms with Crippen LogP contribution in [0.5, 0.6) is 0 Å². The van der Waals surface area contributed by atoms with E-state index >= 15 is 0 Å². The number of nitrogen functional groups attached to an aromatic ring is 1. The molecule has 0 aliphatic heterocycles. The number of hydrogen-bond donors (Lipinski definition) is 2. The van der Waals surface area contributed by atoms with Gasteiger partial charge in [-0.25, -0.2) is 0 Å². The number of aromatic nitrogens is 1. The number of nitrogens with zero attached hydrogens (tertiary/aromatic N) is 1. The molecule has 0 aliphatic rings. The first kappa shape index (κ1) is 13.8. The minimum Gasteiger partial charge on any atom is -0.398 e. The van der Waals surface area contributed by atoms with Gasteiger partial charge >= 0.3 is 6.18 Å². The monoisotopic (exact) mass is 248 g/mol. The summed E-state index contributed by atoms with van der Waals surface area (Å²) < 4.78 is 36.0. The predicted molar refractivity (Wildman–Crippen MR) is 58.1 cm³/mol. The third-order valence-electron chi connectivity index (χ3n) is 2.56. The Hall–Kier alpha value is -1.30. The lowest BCUT2D eigenvalue weighted by Gasteiger charge is -2.25. The van der Waals surface area contributed by atoms with Crippen molar-refractivity contribution in [3.05, 3.63) is 24.0 Å².